The smallest absolute Gasteiger partial charge is 0.0408 e. The Balaban J connectivity index is 2.16. The monoisotopic (exact) mass is 329 g/mol. The van der Waals surface area contributed by atoms with Crippen LogP contribution in [-0.4, -0.2) is 6.54 Å². The summed E-state index contributed by atoms with van der Waals surface area (Å²) in [6, 6.07) is 10.1. The molecule has 0 bridgehead atoms. The van der Waals surface area contributed by atoms with Crippen molar-refractivity contribution in [3.8, 4) is 0 Å². The van der Waals surface area contributed by atoms with Crippen molar-refractivity contribution >= 4 is 38.9 Å². The summed E-state index contributed by atoms with van der Waals surface area (Å²) in [6.07, 6.45) is 0.965. The Labute approximate surface area is 119 Å². The van der Waals surface area contributed by atoms with Gasteiger partial charge in [-0.05, 0) is 52.7 Å². The predicted octanol–water partition coefficient (Wildman–Crippen LogP) is 4.45. The molecule has 1 aromatic heterocycles. The van der Waals surface area contributed by atoms with Crippen molar-refractivity contribution in [3.63, 3.8) is 0 Å². The number of hydrogen-bond acceptors (Lipinski definition) is 2. The highest BCUT2D eigenvalue weighted by molar-refractivity contribution is 9.10. The lowest BCUT2D eigenvalue weighted by Crippen LogP contribution is -2.14. The Bertz CT molecular complexity index is 498. The summed E-state index contributed by atoms with van der Waals surface area (Å²) in [7, 11) is 0. The van der Waals surface area contributed by atoms with Crippen molar-refractivity contribution in [2.24, 2.45) is 5.73 Å². The fourth-order valence-corrected chi connectivity index (χ4v) is 3.53. The molecule has 0 saturated carbocycles. The lowest BCUT2D eigenvalue weighted by atomic mass is 9.95. The van der Waals surface area contributed by atoms with Crippen LogP contribution in [0.15, 0.2) is 40.2 Å². The molecule has 0 aliphatic heterocycles. The van der Waals surface area contributed by atoms with Crippen LogP contribution in [0.2, 0.25) is 5.02 Å². The Kier molecular flexibility index (Phi) is 4.62. The van der Waals surface area contributed by atoms with Gasteiger partial charge in [0.2, 0.25) is 0 Å². The van der Waals surface area contributed by atoms with Crippen LogP contribution in [0.3, 0.4) is 0 Å². The number of hydrogen-bond donors (Lipinski definition) is 1. The summed E-state index contributed by atoms with van der Waals surface area (Å²) in [6.45, 7) is 0.635. The highest BCUT2D eigenvalue weighted by Gasteiger charge is 2.12. The van der Waals surface area contributed by atoms with Crippen LogP contribution in [0.4, 0.5) is 0 Å². The van der Waals surface area contributed by atoms with Gasteiger partial charge in [0.25, 0.3) is 0 Å². The number of nitrogens with two attached hydrogens (primary N) is 1. The summed E-state index contributed by atoms with van der Waals surface area (Å²) < 4.78 is 1.14. The molecule has 0 amide bonds. The molecule has 0 spiro atoms. The Morgan fingerprint density at radius 2 is 2.18 bits per heavy atom. The molecular weight excluding hydrogens is 318 g/mol. The molecule has 1 heterocycles. The van der Waals surface area contributed by atoms with Crippen LogP contribution in [0.25, 0.3) is 0 Å². The minimum absolute atomic E-state index is 0.333. The van der Waals surface area contributed by atoms with Crippen LogP contribution in [0, 0.1) is 0 Å². The van der Waals surface area contributed by atoms with E-state index in [1.807, 2.05) is 18.2 Å². The van der Waals surface area contributed by atoms with Crippen molar-refractivity contribution in [3.05, 3.63) is 55.6 Å². The zero-order valence-electron chi connectivity index (χ0n) is 9.20. The summed E-state index contributed by atoms with van der Waals surface area (Å²) in [4.78, 5) is 1.34. The second-order valence-electron chi connectivity index (χ2n) is 3.92. The van der Waals surface area contributed by atoms with E-state index in [0.717, 1.165) is 15.9 Å². The standard InChI is InChI=1S/C13H13BrClNS/c14-11-6-13(17-8-11)5-10(7-16)9-2-1-3-12(15)4-9/h1-4,6,8,10H,5,7,16H2. The van der Waals surface area contributed by atoms with E-state index in [2.05, 4.69) is 33.4 Å². The summed E-state index contributed by atoms with van der Waals surface area (Å²) in [5.41, 5.74) is 7.07. The van der Waals surface area contributed by atoms with Crippen molar-refractivity contribution in [2.45, 2.75) is 12.3 Å². The van der Waals surface area contributed by atoms with Crippen molar-refractivity contribution in [1.29, 1.82) is 0 Å². The zero-order valence-corrected chi connectivity index (χ0v) is 12.4. The molecular formula is C13H13BrClNS. The van der Waals surface area contributed by atoms with Crippen LogP contribution in [-0.2, 0) is 6.42 Å². The third-order valence-electron chi connectivity index (χ3n) is 2.67. The maximum atomic E-state index is 6.01. The van der Waals surface area contributed by atoms with Gasteiger partial charge < -0.3 is 5.73 Å². The molecule has 1 unspecified atom stereocenters. The van der Waals surface area contributed by atoms with Gasteiger partial charge in [-0.25, -0.2) is 0 Å². The van der Waals surface area contributed by atoms with Gasteiger partial charge in [0, 0.05) is 25.7 Å². The van der Waals surface area contributed by atoms with E-state index in [4.69, 9.17) is 17.3 Å². The number of rotatable bonds is 4. The Hall–Kier alpha value is -0.350. The van der Waals surface area contributed by atoms with E-state index in [1.54, 1.807) is 11.3 Å². The van der Waals surface area contributed by atoms with Crippen LogP contribution in [0.1, 0.15) is 16.4 Å². The molecule has 2 aromatic rings. The lowest BCUT2D eigenvalue weighted by molar-refractivity contribution is 0.701. The van der Waals surface area contributed by atoms with Crippen LogP contribution in [0.5, 0.6) is 0 Å². The molecule has 2 rings (SSSR count). The maximum Gasteiger partial charge on any atom is 0.0408 e. The number of halogens is 2. The average molecular weight is 331 g/mol. The Morgan fingerprint density at radius 3 is 2.76 bits per heavy atom. The van der Waals surface area contributed by atoms with Crippen LogP contribution >= 0.6 is 38.9 Å². The first-order chi connectivity index (χ1) is 8.19. The molecule has 17 heavy (non-hydrogen) atoms. The van der Waals surface area contributed by atoms with Gasteiger partial charge in [-0.1, -0.05) is 23.7 Å². The van der Waals surface area contributed by atoms with Gasteiger partial charge in [-0.2, -0.15) is 0 Å². The normalized spacial score (nSPS) is 12.6. The molecule has 90 valence electrons. The van der Waals surface area contributed by atoms with Gasteiger partial charge in [-0.15, -0.1) is 11.3 Å². The topological polar surface area (TPSA) is 26.0 Å². The third-order valence-corrected chi connectivity index (χ3v) is 4.63. The third kappa shape index (κ3) is 3.55. The van der Waals surface area contributed by atoms with E-state index >= 15 is 0 Å². The van der Waals surface area contributed by atoms with Gasteiger partial charge >= 0.3 is 0 Å². The number of benzene rings is 1. The fourth-order valence-electron chi connectivity index (χ4n) is 1.80. The van der Waals surface area contributed by atoms with E-state index in [0.29, 0.717) is 12.5 Å². The molecule has 0 fully saturated rings. The van der Waals surface area contributed by atoms with Gasteiger partial charge in [0.1, 0.15) is 0 Å². The van der Waals surface area contributed by atoms with E-state index in [9.17, 15) is 0 Å². The lowest BCUT2D eigenvalue weighted by Gasteiger charge is -2.14. The molecule has 2 N–H and O–H groups in total. The molecule has 1 nitrogen and oxygen atoms in total. The largest absolute Gasteiger partial charge is 0.330 e. The predicted molar refractivity (Wildman–Crippen MR) is 79.0 cm³/mol. The van der Waals surface area contributed by atoms with E-state index in [1.165, 1.54) is 10.4 Å². The quantitative estimate of drug-likeness (QED) is 0.880. The second kappa shape index (κ2) is 6.01. The van der Waals surface area contributed by atoms with Crippen molar-refractivity contribution < 1.29 is 0 Å². The first kappa shape index (κ1) is 13.1. The summed E-state index contributed by atoms with van der Waals surface area (Å²) in [5, 5.41) is 2.87. The molecule has 0 saturated heterocycles. The molecule has 0 radical (unpaired) electrons. The molecule has 1 aromatic carbocycles. The second-order valence-corrected chi connectivity index (χ2v) is 6.27. The molecule has 0 aliphatic rings. The first-order valence-corrected chi connectivity index (χ1v) is 7.42. The molecule has 0 aliphatic carbocycles. The van der Waals surface area contributed by atoms with Crippen LogP contribution < -0.4 is 5.73 Å². The SMILES string of the molecule is NCC(Cc1cc(Br)cs1)c1cccc(Cl)c1. The maximum absolute atomic E-state index is 6.01. The van der Waals surface area contributed by atoms with Crippen molar-refractivity contribution in [2.75, 3.05) is 6.54 Å². The van der Waals surface area contributed by atoms with Crippen molar-refractivity contribution in [1.82, 2.24) is 0 Å². The van der Waals surface area contributed by atoms with E-state index in [-0.39, 0.29) is 0 Å². The van der Waals surface area contributed by atoms with Gasteiger partial charge in [0.15, 0.2) is 0 Å². The highest BCUT2D eigenvalue weighted by atomic mass is 79.9. The Morgan fingerprint density at radius 1 is 1.35 bits per heavy atom. The van der Waals surface area contributed by atoms with Gasteiger partial charge in [-0.3, -0.25) is 0 Å². The fraction of sp³-hybridized carbons (Fsp3) is 0.231. The number of thiophene rings is 1. The summed E-state index contributed by atoms with van der Waals surface area (Å²) >= 11 is 11.2. The minimum atomic E-state index is 0.333. The van der Waals surface area contributed by atoms with E-state index < -0.39 is 0 Å². The average Bonchev–Trinajstić information content (AvgIpc) is 2.72. The first-order valence-electron chi connectivity index (χ1n) is 5.37. The molecule has 4 heteroatoms. The van der Waals surface area contributed by atoms with Gasteiger partial charge in [0.05, 0.1) is 0 Å². The highest BCUT2D eigenvalue weighted by Crippen LogP contribution is 2.27. The summed E-state index contributed by atoms with van der Waals surface area (Å²) in [5.74, 6) is 0.333. The minimum Gasteiger partial charge on any atom is -0.330 e. The zero-order chi connectivity index (χ0) is 12.3. The molecule has 1 atom stereocenters.